The number of aromatic amines is 1. The van der Waals surface area contributed by atoms with Gasteiger partial charge in [0.1, 0.15) is 6.04 Å². The topological polar surface area (TPSA) is 88.9 Å². The summed E-state index contributed by atoms with van der Waals surface area (Å²) in [4.78, 5) is 20.5. The van der Waals surface area contributed by atoms with Gasteiger partial charge in [-0.25, -0.2) is 4.68 Å². The minimum absolute atomic E-state index is 0.0928. The predicted molar refractivity (Wildman–Crippen MR) is 145 cm³/mol. The summed E-state index contributed by atoms with van der Waals surface area (Å²) < 4.78 is 8.10. The minimum atomic E-state index is -0.391. The van der Waals surface area contributed by atoms with Crippen LogP contribution < -0.4 is 5.56 Å². The van der Waals surface area contributed by atoms with Crippen LogP contribution in [0.2, 0.25) is 0 Å². The molecule has 37 heavy (non-hydrogen) atoms. The number of aromatic nitrogens is 5. The number of aryl methyl sites for hydroxylation is 1. The van der Waals surface area contributed by atoms with E-state index in [1.807, 2.05) is 23.7 Å². The number of rotatable bonds is 8. The van der Waals surface area contributed by atoms with Gasteiger partial charge >= 0.3 is 0 Å². The van der Waals surface area contributed by atoms with Crippen molar-refractivity contribution in [1.29, 1.82) is 0 Å². The summed E-state index contributed by atoms with van der Waals surface area (Å²) in [6, 6.07) is 12.3. The van der Waals surface area contributed by atoms with Gasteiger partial charge in [-0.15, -0.1) is 16.4 Å². The van der Waals surface area contributed by atoms with Crippen LogP contribution in [0.25, 0.3) is 10.9 Å². The van der Waals surface area contributed by atoms with Crippen molar-refractivity contribution in [3.63, 3.8) is 0 Å². The van der Waals surface area contributed by atoms with Crippen molar-refractivity contribution in [2.75, 3.05) is 13.2 Å². The summed E-state index contributed by atoms with van der Waals surface area (Å²) in [6.45, 7) is 4.24. The maximum Gasteiger partial charge on any atom is 0.253 e. The van der Waals surface area contributed by atoms with E-state index < -0.39 is 6.04 Å². The summed E-state index contributed by atoms with van der Waals surface area (Å²) in [5.74, 6) is 0.749. The molecule has 0 amide bonds. The van der Waals surface area contributed by atoms with Gasteiger partial charge in [-0.2, -0.15) is 0 Å². The number of nitrogens with one attached hydrogen (secondary N) is 1. The van der Waals surface area contributed by atoms with Gasteiger partial charge in [-0.1, -0.05) is 37.5 Å². The second-order valence-electron chi connectivity index (χ2n) is 10.5. The van der Waals surface area contributed by atoms with Gasteiger partial charge in [0.15, 0.2) is 5.82 Å². The second-order valence-corrected chi connectivity index (χ2v) is 11.5. The van der Waals surface area contributed by atoms with Crippen LogP contribution in [0, 0.1) is 6.92 Å². The molecule has 1 aromatic carbocycles. The Balaban J connectivity index is 1.49. The normalized spacial score (nSPS) is 19.7. The lowest BCUT2D eigenvalue weighted by molar-refractivity contribution is 0.0571. The lowest BCUT2D eigenvalue weighted by atomic mass is 9.95. The van der Waals surface area contributed by atoms with Crippen LogP contribution >= 0.6 is 11.3 Å². The molecule has 2 aliphatic rings. The molecule has 1 aliphatic carbocycles. The lowest BCUT2D eigenvalue weighted by Gasteiger charge is -2.33. The monoisotopic (exact) mass is 518 g/mol. The summed E-state index contributed by atoms with van der Waals surface area (Å²) >= 11 is 1.73. The largest absolute Gasteiger partial charge is 0.377 e. The average molecular weight is 519 g/mol. The van der Waals surface area contributed by atoms with Crippen LogP contribution in [-0.2, 0) is 11.3 Å². The highest BCUT2D eigenvalue weighted by atomic mass is 32.1. The molecular weight excluding hydrogens is 484 g/mol. The molecule has 8 nitrogen and oxygen atoms in total. The molecule has 1 aliphatic heterocycles. The molecule has 6 rings (SSSR count). The van der Waals surface area contributed by atoms with E-state index >= 15 is 0 Å². The molecule has 4 heterocycles. The summed E-state index contributed by atoms with van der Waals surface area (Å²) in [5.41, 5.74) is 2.55. The van der Waals surface area contributed by atoms with Gasteiger partial charge in [-0.05, 0) is 77.6 Å². The van der Waals surface area contributed by atoms with Crippen molar-refractivity contribution in [2.45, 2.75) is 76.6 Å². The zero-order valence-corrected chi connectivity index (χ0v) is 22.1. The fraction of sp³-hybridized carbons (Fsp3) is 0.500. The molecule has 3 aromatic heterocycles. The van der Waals surface area contributed by atoms with Crippen LogP contribution in [-0.4, -0.2) is 49.3 Å². The number of H-pyrrole nitrogens is 1. The van der Waals surface area contributed by atoms with E-state index in [0.717, 1.165) is 54.6 Å². The standard InChI is InChI=1S/C28H34N6O2S/c1-19-11-12-20-16-24(28(35)29-25(20)15-19)26(27-30-31-32-34(27)21-7-3-2-4-8-21)33(17-22-9-5-13-36-22)18-23-10-6-14-37-23/h6,10-12,14-16,21-22,26H,2-5,7-9,13,17-18H2,1H3,(H,29,35). The van der Waals surface area contributed by atoms with Gasteiger partial charge in [0.2, 0.25) is 0 Å². The summed E-state index contributed by atoms with van der Waals surface area (Å²) in [5, 5.41) is 16.4. The van der Waals surface area contributed by atoms with Crippen LogP contribution in [0.4, 0.5) is 0 Å². The minimum Gasteiger partial charge on any atom is -0.377 e. The number of ether oxygens (including phenoxy) is 1. The zero-order valence-electron chi connectivity index (χ0n) is 21.3. The average Bonchev–Trinajstić information content (AvgIpc) is 3.69. The number of fused-ring (bicyclic) bond motifs is 1. The molecule has 1 N–H and O–H groups in total. The van der Waals surface area contributed by atoms with E-state index in [4.69, 9.17) is 4.74 Å². The molecule has 4 aromatic rings. The first-order chi connectivity index (χ1) is 18.2. The molecule has 2 unspecified atom stereocenters. The Hall–Kier alpha value is -2.88. The van der Waals surface area contributed by atoms with Crippen LogP contribution in [0.5, 0.6) is 0 Å². The summed E-state index contributed by atoms with van der Waals surface area (Å²) in [7, 11) is 0. The van der Waals surface area contributed by atoms with Gasteiger partial charge < -0.3 is 9.72 Å². The molecule has 0 spiro atoms. The molecule has 0 radical (unpaired) electrons. The van der Waals surface area contributed by atoms with Gasteiger partial charge in [0.05, 0.1) is 12.1 Å². The quantitative estimate of drug-likeness (QED) is 0.347. The second kappa shape index (κ2) is 10.8. The van der Waals surface area contributed by atoms with E-state index in [0.29, 0.717) is 18.7 Å². The fourth-order valence-electron chi connectivity index (χ4n) is 5.91. The van der Waals surface area contributed by atoms with Crippen molar-refractivity contribution >= 4 is 22.2 Å². The Labute approximate surface area is 220 Å². The Morgan fingerprint density at radius 3 is 2.84 bits per heavy atom. The first-order valence-electron chi connectivity index (χ1n) is 13.4. The Morgan fingerprint density at radius 2 is 2.05 bits per heavy atom. The van der Waals surface area contributed by atoms with Gasteiger partial charge in [0.25, 0.3) is 5.56 Å². The Morgan fingerprint density at radius 1 is 1.16 bits per heavy atom. The molecule has 2 fully saturated rings. The Kier molecular flexibility index (Phi) is 7.17. The van der Waals surface area contributed by atoms with Crippen molar-refractivity contribution in [3.8, 4) is 0 Å². The van der Waals surface area contributed by atoms with E-state index in [9.17, 15) is 4.79 Å². The van der Waals surface area contributed by atoms with Crippen LogP contribution in [0.1, 0.15) is 78.9 Å². The molecule has 1 saturated carbocycles. The van der Waals surface area contributed by atoms with Crippen molar-refractivity contribution in [2.24, 2.45) is 0 Å². The highest BCUT2D eigenvalue weighted by Crippen LogP contribution is 2.35. The van der Waals surface area contributed by atoms with E-state index in [1.165, 1.54) is 24.1 Å². The zero-order chi connectivity index (χ0) is 25.2. The Bertz CT molecular complexity index is 1390. The number of pyridine rings is 1. The highest BCUT2D eigenvalue weighted by molar-refractivity contribution is 7.09. The molecule has 0 bridgehead atoms. The maximum atomic E-state index is 13.7. The van der Waals surface area contributed by atoms with Crippen molar-refractivity contribution in [3.05, 3.63) is 74.0 Å². The number of thiophene rings is 1. The molecule has 2 atom stereocenters. The third-order valence-corrected chi connectivity index (χ3v) is 8.64. The van der Waals surface area contributed by atoms with Crippen LogP contribution in [0.15, 0.2) is 46.6 Å². The number of tetrazole rings is 1. The number of hydrogen-bond donors (Lipinski definition) is 1. The number of nitrogens with zero attached hydrogens (tertiary/aromatic N) is 5. The maximum absolute atomic E-state index is 13.7. The van der Waals surface area contributed by atoms with E-state index in [1.54, 1.807) is 11.3 Å². The SMILES string of the molecule is Cc1ccc2cc(C(c3nnnn3C3CCCCC3)N(Cc3cccs3)CC3CCCO3)c(=O)[nH]c2c1. The smallest absolute Gasteiger partial charge is 0.253 e. The van der Waals surface area contributed by atoms with E-state index in [2.05, 4.69) is 55.1 Å². The number of hydrogen-bond acceptors (Lipinski definition) is 7. The molecular formula is C28H34N6O2S. The first kappa shape index (κ1) is 24.5. The predicted octanol–water partition coefficient (Wildman–Crippen LogP) is 5.16. The van der Waals surface area contributed by atoms with E-state index in [-0.39, 0.29) is 17.7 Å². The summed E-state index contributed by atoms with van der Waals surface area (Å²) in [6.07, 6.45) is 7.96. The molecule has 1 saturated heterocycles. The first-order valence-corrected chi connectivity index (χ1v) is 14.3. The van der Waals surface area contributed by atoms with Crippen LogP contribution in [0.3, 0.4) is 0 Å². The van der Waals surface area contributed by atoms with Crippen molar-refractivity contribution < 1.29 is 4.74 Å². The third kappa shape index (κ3) is 5.26. The number of benzene rings is 1. The molecule has 9 heteroatoms. The lowest BCUT2D eigenvalue weighted by Crippen LogP contribution is -2.39. The van der Waals surface area contributed by atoms with Gasteiger partial charge in [-0.3, -0.25) is 9.69 Å². The molecule has 194 valence electrons. The van der Waals surface area contributed by atoms with Gasteiger partial charge in [0, 0.05) is 35.7 Å². The van der Waals surface area contributed by atoms with Crippen molar-refractivity contribution in [1.82, 2.24) is 30.1 Å². The highest BCUT2D eigenvalue weighted by Gasteiger charge is 2.35. The third-order valence-electron chi connectivity index (χ3n) is 7.77. The fourth-order valence-corrected chi connectivity index (χ4v) is 6.64.